The molecule has 0 saturated heterocycles. The van der Waals surface area contributed by atoms with Crippen molar-refractivity contribution in [3.8, 4) is 67.7 Å². The van der Waals surface area contributed by atoms with Crippen LogP contribution in [-0.2, 0) is 5.41 Å². The molecule has 8 aromatic carbocycles. The van der Waals surface area contributed by atoms with Crippen LogP contribution in [0.25, 0.3) is 67.3 Å². The second-order valence-electron chi connectivity index (χ2n) is 16.0. The zero-order chi connectivity index (χ0) is 42.3. The van der Waals surface area contributed by atoms with Gasteiger partial charge in [0.05, 0.1) is 5.41 Å². The molecule has 0 unspecified atom stereocenters. The summed E-state index contributed by atoms with van der Waals surface area (Å²) < 4.78 is 7.03. The molecule has 0 radical (unpaired) electrons. The van der Waals surface area contributed by atoms with Crippen LogP contribution in [-0.4, -0.2) is 15.0 Å². The monoisotopic (exact) mass is 807 g/mol. The number of hydrogen-bond acceptors (Lipinski definition) is 4. The second-order valence-corrected chi connectivity index (χ2v) is 16.0. The Kier molecular flexibility index (Phi) is 9.40. The third kappa shape index (κ3) is 6.43. The van der Waals surface area contributed by atoms with Gasteiger partial charge in [-0.05, 0) is 74.7 Å². The molecule has 0 amide bonds. The molecule has 63 heavy (non-hydrogen) atoms. The average molecular weight is 808 g/mol. The van der Waals surface area contributed by atoms with Gasteiger partial charge in [-0.15, -0.1) is 0 Å². The number of para-hydroxylation sites is 2. The highest BCUT2D eigenvalue weighted by Gasteiger charge is 2.51. The van der Waals surface area contributed by atoms with Crippen molar-refractivity contribution in [2.75, 3.05) is 0 Å². The predicted octanol–water partition coefficient (Wildman–Crippen LogP) is 14.7. The van der Waals surface area contributed by atoms with Crippen molar-refractivity contribution in [1.29, 1.82) is 0 Å². The fraction of sp³-hybridized carbons (Fsp3) is 0.0339. The minimum absolute atomic E-state index is 0.574. The summed E-state index contributed by atoms with van der Waals surface area (Å²) in [6.07, 6.45) is 6.02. The largest absolute Gasteiger partial charge is 0.456 e. The van der Waals surface area contributed by atoms with E-state index in [4.69, 9.17) is 19.7 Å². The van der Waals surface area contributed by atoms with Gasteiger partial charge in [-0.25, -0.2) is 15.0 Å². The Morgan fingerprint density at radius 3 is 1.48 bits per heavy atom. The Morgan fingerprint density at radius 1 is 0.460 bits per heavy atom. The molecule has 4 heteroatoms. The zero-order valence-corrected chi connectivity index (χ0v) is 34.7. The van der Waals surface area contributed by atoms with Crippen molar-refractivity contribution in [2.45, 2.75) is 12.3 Å². The fourth-order valence-electron chi connectivity index (χ4n) is 9.44. The van der Waals surface area contributed by atoms with E-state index in [9.17, 15) is 0 Å². The van der Waals surface area contributed by atoms with Gasteiger partial charge in [0.25, 0.3) is 0 Å². The number of ether oxygens (including phenoxy) is 1. The average Bonchev–Trinajstić information content (AvgIpc) is 3.64. The topological polar surface area (TPSA) is 47.9 Å². The molecule has 9 aromatic rings. The van der Waals surface area contributed by atoms with Gasteiger partial charge in [0.2, 0.25) is 0 Å². The van der Waals surface area contributed by atoms with E-state index in [2.05, 4.69) is 208 Å². The van der Waals surface area contributed by atoms with Gasteiger partial charge < -0.3 is 4.74 Å². The first kappa shape index (κ1) is 37.8. The van der Waals surface area contributed by atoms with Crippen molar-refractivity contribution < 1.29 is 4.74 Å². The molecule has 0 atom stereocenters. The molecule has 2 aliphatic rings. The molecular weight excluding hydrogens is 767 g/mol. The first-order valence-electron chi connectivity index (χ1n) is 21.3. The number of benzene rings is 8. The summed E-state index contributed by atoms with van der Waals surface area (Å²) in [5.74, 6) is 3.43. The lowest BCUT2D eigenvalue weighted by molar-refractivity contribution is 0.435. The first-order valence-corrected chi connectivity index (χ1v) is 21.3. The van der Waals surface area contributed by atoms with E-state index in [0.29, 0.717) is 17.5 Å². The lowest BCUT2D eigenvalue weighted by Crippen LogP contribution is -2.32. The normalized spacial score (nSPS) is 13.3. The van der Waals surface area contributed by atoms with E-state index in [1.54, 1.807) is 0 Å². The van der Waals surface area contributed by atoms with E-state index < -0.39 is 5.41 Å². The molecule has 0 fully saturated rings. The highest BCUT2D eigenvalue weighted by atomic mass is 16.5. The Hall–Kier alpha value is -8.21. The Labute approximate surface area is 367 Å². The van der Waals surface area contributed by atoms with Crippen molar-refractivity contribution in [3.63, 3.8) is 0 Å². The van der Waals surface area contributed by atoms with Crippen LogP contribution in [0.5, 0.6) is 11.5 Å². The lowest BCUT2D eigenvalue weighted by atomic mass is 9.65. The van der Waals surface area contributed by atoms with Crippen LogP contribution >= 0.6 is 0 Å². The Morgan fingerprint density at radius 2 is 0.921 bits per heavy atom. The summed E-state index contributed by atoms with van der Waals surface area (Å²) in [7, 11) is 0. The van der Waals surface area contributed by atoms with E-state index >= 15 is 0 Å². The molecule has 1 aromatic heterocycles. The maximum absolute atomic E-state index is 7.03. The highest BCUT2D eigenvalue weighted by Crippen LogP contribution is 2.62. The van der Waals surface area contributed by atoms with Crippen LogP contribution in [0.3, 0.4) is 0 Å². The smallest absolute Gasteiger partial charge is 0.164 e. The van der Waals surface area contributed by atoms with Crippen molar-refractivity contribution in [2.24, 2.45) is 0 Å². The first-order chi connectivity index (χ1) is 31.1. The summed E-state index contributed by atoms with van der Waals surface area (Å²) >= 11 is 0. The van der Waals surface area contributed by atoms with Gasteiger partial charge in [0.15, 0.2) is 17.5 Å². The molecule has 0 saturated carbocycles. The van der Waals surface area contributed by atoms with Crippen molar-refractivity contribution in [3.05, 3.63) is 259 Å². The highest BCUT2D eigenvalue weighted by molar-refractivity contribution is 5.92. The van der Waals surface area contributed by atoms with Crippen LogP contribution in [0, 0.1) is 0 Å². The van der Waals surface area contributed by atoms with Gasteiger partial charge >= 0.3 is 0 Å². The molecule has 0 bridgehead atoms. The second kappa shape index (κ2) is 15.7. The number of rotatable bonds is 8. The standard InChI is InChI=1S/C59H41N3O/c1-3-17-46(47-24-16-28-53-55(47)63-54-29-15-14-27-52(54)59(53)50-25-12-10-22-48(50)49-23-11-13-26-51(49)59)38-39(2)56-60-57(44-34-30-42(31-35-44)40-18-6-4-7-19-40)62-58(61-56)45-36-32-43(33-37-45)41-20-8-5-9-21-41/h3-38H,1H2,2H3/b39-38+,46-17+. The summed E-state index contributed by atoms with van der Waals surface area (Å²) in [6, 6.07) is 70.2. The molecular formula is C59H41N3O. The maximum atomic E-state index is 7.03. The van der Waals surface area contributed by atoms with Crippen LogP contribution in [0.2, 0.25) is 0 Å². The predicted molar refractivity (Wildman–Crippen MR) is 257 cm³/mol. The van der Waals surface area contributed by atoms with Gasteiger partial charge in [0, 0.05) is 27.8 Å². The fourth-order valence-corrected chi connectivity index (χ4v) is 9.44. The minimum Gasteiger partial charge on any atom is -0.456 e. The summed E-state index contributed by atoms with van der Waals surface area (Å²) in [5, 5.41) is 0. The molecule has 298 valence electrons. The molecule has 1 aliphatic heterocycles. The minimum atomic E-state index is -0.574. The van der Waals surface area contributed by atoms with Crippen molar-refractivity contribution >= 4 is 11.1 Å². The third-order valence-corrected chi connectivity index (χ3v) is 12.3. The maximum Gasteiger partial charge on any atom is 0.164 e. The number of hydrogen-bond donors (Lipinski definition) is 0. The van der Waals surface area contributed by atoms with Crippen LogP contribution in [0.1, 0.15) is 40.6 Å². The quantitative estimate of drug-likeness (QED) is 0.144. The van der Waals surface area contributed by atoms with Gasteiger partial charge in [-0.1, -0.05) is 213 Å². The SMILES string of the molecule is C=C/C=C(\C=C(/C)c1nc(-c2ccc(-c3ccccc3)cc2)nc(-c2ccc(-c3ccccc3)cc2)n1)c1cccc2c1Oc1ccccc1C21c2ccccc2-c2ccccc21. The van der Waals surface area contributed by atoms with E-state index in [1.165, 1.54) is 22.3 Å². The summed E-state index contributed by atoms with van der Waals surface area (Å²) in [4.78, 5) is 15.4. The molecule has 11 rings (SSSR count). The van der Waals surface area contributed by atoms with Crippen LogP contribution < -0.4 is 4.74 Å². The molecule has 1 spiro atoms. The molecule has 1 aliphatic carbocycles. The Balaban J connectivity index is 1.05. The number of aromatic nitrogens is 3. The van der Waals surface area contributed by atoms with Gasteiger partial charge in [-0.3, -0.25) is 0 Å². The summed E-state index contributed by atoms with van der Waals surface area (Å²) in [6.45, 7) is 6.23. The zero-order valence-electron chi connectivity index (χ0n) is 34.7. The van der Waals surface area contributed by atoms with E-state index in [0.717, 1.165) is 72.7 Å². The van der Waals surface area contributed by atoms with Crippen molar-refractivity contribution in [1.82, 2.24) is 15.0 Å². The molecule has 2 heterocycles. The van der Waals surface area contributed by atoms with Crippen LogP contribution in [0.15, 0.2) is 225 Å². The van der Waals surface area contributed by atoms with E-state index in [1.807, 2.05) is 24.3 Å². The van der Waals surface area contributed by atoms with Crippen LogP contribution in [0.4, 0.5) is 0 Å². The number of fused-ring (bicyclic) bond motifs is 9. The summed E-state index contributed by atoms with van der Waals surface area (Å²) in [5.41, 5.74) is 15.8. The molecule has 0 N–H and O–H groups in total. The third-order valence-electron chi connectivity index (χ3n) is 12.3. The van der Waals surface area contributed by atoms with Gasteiger partial charge in [0.1, 0.15) is 11.5 Å². The number of allylic oxidation sites excluding steroid dienone is 5. The number of nitrogens with zero attached hydrogens (tertiary/aromatic N) is 3. The Bertz CT molecular complexity index is 3110. The molecule has 4 nitrogen and oxygen atoms in total. The lowest BCUT2D eigenvalue weighted by Gasteiger charge is -2.40. The van der Waals surface area contributed by atoms with Gasteiger partial charge in [-0.2, -0.15) is 0 Å². The van der Waals surface area contributed by atoms with E-state index in [-0.39, 0.29) is 0 Å².